The van der Waals surface area contributed by atoms with Gasteiger partial charge in [-0.15, -0.1) is 0 Å². The molecule has 0 aliphatic heterocycles. The molecule has 7 nitrogen and oxygen atoms in total. The van der Waals surface area contributed by atoms with Gasteiger partial charge in [0.15, 0.2) is 0 Å². The fraction of sp³-hybridized carbons (Fsp3) is 0.562. The lowest BCUT2D eigenvalue weighted by molar-refractivity contribution is 0.0756. The highest BCUT2D eigenvalue weighted by molar-refractivity contribution is 9.10. The number of nitrogens with zero attached hydrogens (tertiary/aromatic N) is 4. The van der Waals surface area contributed by atoms with E-state index in [-0.39, 0.29) is 12.0 Å². The Labute approximate surface area is 150 Å². The number of amides is 1. The molecule has 2 rings (SSSR count). The standard InChI is InChI=1S/C16H24BrN5O2/c1-11(2)24-9-5-7-18-16(23)14-6-8-21(20-14)10-22-13(4)15(17)12(3)19-22/h6,8,11H,5,7,9-10H2,1-4H3,(H,18,23). The smallest absolute Gasteiger partial charge is 0.271 e. The second-order valence-electron chi connectivity index (χ2n) is 5.90. The summed E-state index contributed by atoms with van der Waals surface area (Å²) in [6.07, 6.45) is 2.77. The highest BCUT2D eigenvalue weighted by Gasteiger charge is 2.12. The Bertz CT molecular complexity index is 693. The summed E-state index contributed by atoms with van der Waals surface area (Å²) < 4.78 is 9.98. The first-order chi connectivity index (χ1) is 11.4. The van der Waals surface area contributed by atoms with Gasteiger partial charge in [0.05, 0.1) is 22.0 Å². The predicted octanol–water partition coefficient (Wildman–Crippen LogP) is 2.51. The van der Waals surface area contributed by atoms with Gasteiger partial charge in [0, 0.05) is 19.3 Å². The average Bonchev–Trinajstić information content (AvgIpc) is 3.08. The van der Waals surface area contributed by atoms with Crippen LogP contribution in [0.2, 0.25) is 0 Å². The number of ether oxygens (including phenoxy) is 1. The summed E-state index contributed by atoms with van der Waals surface area (Å²) in [5, 5.41) is 11.6. The van der Waals surface area contributed by atoms with Crippen LogP contribution in [0.5, 0.6) is 0 Å². The Morgan fingerprint density at radius 3 is 2.75 bits per heavy atom. The number of aryl methyl sites for hydroxylation is 1. The summed E-state index contributed by atoms with van der Waals surface area (Å²) in [6, 6.07) is 1.71. The number of rotatable bonds is 8. The quantitative estimate of drug-likeness (QED) is 0.694. The van der Waals surface area contributed by atoms with Crippen LogP contribution in [0.25, 0.3) is 0 Å². The summed E-state index contributed by atoms with van der Waals surface area (Å²) in [7, 11) is 0. The Morgan fingerprint density at radius 1 is 1.38 bits per heavy atom. The summed E-state index contributed by atoms with van der Waals surface area (Å²) in [6.45, 7) is 9.59. The molecule has 0 saturated carbocycles. The van der Waals surface area contributed by atoms with E-state index in [0.29, 0.717) is 25.5 Å². The van der Waals surface area contributed by atoms with Crippen molar-refractivity contribution in [1.29, 1.82) is 0 Å². The van der Waals surface area contributed by atoms with Crippen LogP contribution in [0.15, 0.2) is 16.7 Å². The van der Waals surface area contributed by atoms with Gasteiger partial charge < -0.3 is 10.1 Å². The van der Waals surface area contributed by atoms with Crippen molar-refractivity contribution in [2.75, 3.05) is 13.2 Å². The van der Waals surface area contributed by atoms with Gasteiger partial charge in [0.2, 0.25) is 0 Å². The molecule has 0 radical (unpaired) electrons. The van der Waals surface area contributed by atoms with E-state index in [1.54, 1.807) is 16.9 Å². The minimum atomic E-state index is -0.173. The van der Waals surface area contributed by atoms with Crippen molar-refractivity contribution in [3.63, 3.8) is 0 Å². The Hall–Kier alpha value is -1.67. The van der Waals surface area contributed by atoms with Crippen LogP contribution in [0, 0.1) is 13.8 Å². The molecule has 0 aliphatic rings. The third kappa shape index (κ3) is 4.91. The number of aromatic nitrogens is 4. The average molecular weight is 398 g/mol. The van der Waals surface area contributed by atoms with Crippen LogP contribution in [0.3, 0.4) is 0 Å². The molecule has 2 aromatic heterocycles. The molecule has 0 aromatic carbocycles. The summed E-state index contributed by atoms with van der Waals surface area (Å²) >= 11 is 3.50. The molecule has 0 fully saturated rings. The van der Waals surface area contributed by atoms with E-state index in [1.165, 1.54) is 0 Å². The van der Waals surface area contributed by atoms with Crippen LogP contribution >= 0.6 is 15.9 Å². The second-order valence-corrected chi connectivity index (χ2v) is 6.69. The van der Waals surface area contributed by atoms with Crippen molar-refractivity contribution >= 4 is 21.8 Å². The maximum atomic E-state index is 12.1. The number of nitrogens with one attached hydrogen (secondary N) is 1. The van der Waals surface area contributed by atoms with Gasteiger partial charge in [-0.1, -0.05) is 0 Å². The Balaban J connectivity index is 1.86. The van der Waals surface area contributed by atoms with Gasteiger partial charge in [-0.25, -0.2) is 4.68 Å². The van der Waals surface area contributed by atoms with Crippen LogP contribution < -0.4 is 5.32 Å². The van der Waals surface area contributed by atoms with Gasteiger partial charge >= 0.3 is 0 Å². The van der Waals surface area contributed by atoms with Crippen molar-refractivity contribution in [3.8, 4) is 0 Å². The molecule has 0 aliphatic carbocycles. The molecule has 0 unspecified atom stereocenters. The monoisotopic (exact) mass is 397 g/mol. The topological polar surface area (TPSA) is 74.0 Å². The summed E-state index contributed by atoms with van der Waals surface area (Å²) in [5.74, 6) is -0.173. The van der Waals surface area contributed by atoms with E-state index < -0.39 is 0 Å². The molecule has 132 valence electrons. The van der Waals surface area contributed by atoms with Gasteiger partial charge in [0.25, 0.3) is 5.91 Å². The largest absolute Gasteiger partial charge is 0.379 e. The molecule has 1 amide bonds. The third-order valence-corrected chi connectivity index (χ3v) is 4.65. The van der Waals surface area contributed by atoms with Gasteiger partial charge in [-0.2, -0.15) is 10.2 Å². The minimum absolute atomic E-state index is 0.173. The number of hydrogen-bond donors (Lipinski definition) is 1. The maximum Gasteiger partial charge on any atom is 0.271 e. The molecule has 24 heavy (non-hydrogen) atoms. The van der Waals surface area contributed by atoms with E-state index in [1.807, 2.05) is 32.4 Å². The first kappa shape index (κ1) is 18.7. The highest BCUT2D eigenvalue weighted by atomic mass is 79.9. The normalized spacial score (nSPS) is 11.2. The van der Waals surface area contributed by atoms with E-state index in [4.69, 9.17) is 4.74 Å². The molecule has 0 spiro atoms. The fourth-order valence-electron chi connectivity index (χ4n) is 2.20. The fourth-order valence-corrected chi connectivity index (χ4v) is 2.48. The van der Waals surface area contributed by atoms with Crippen LogP contribution in [-0.4, -0.2) is 44.7 Å². The lowest BCUT2D eigenvalue weighted by atomic mass is 10.4. The predicted molar refractivity (Wildman–Crippen MR) is 95.1 cm³/mol. The molecule has 0 saturated heterocycles. The number of hydrogen-bond acceptors (Lipinski definition) is 4. The zero-order chi connectivity index (χ0) is 17.7. The van der Waals surface area contributed by atoms with Crippen molar-refractivity contribution in [3.05, 3.63) is 33.8 Å². The zero-order valence-corrected chi connectivity index (χ0v) is 16.1. The molecule has 2 aromatic rings. The van der Waals surface area contributed by atoms with Gasteiger partial charge in [-0.3, -0.25) is 9.48 Å². The van der Waals surface area contributed by atoms with E-state index in [9.17, 15) is 4.79 Å². The van der Waals surface area contributed by atoms with E-state index in [0.717, 1.165) is 22.3 Å². The van der Waals surface area contributed by atoms with Crippen molar-refractivity contribution in [1.82, 2.24) is 24.9 Å². The maximum absolute atomic E-state index is 12.1. The Morgan fingerprint density at radius 2 is 2.12 bits per heavy atom. The van der Waals surface area contributed by atoms with Gasteiger partial charge in [0.1, 0.15) is 12.4 Å². The number of carbonyl (C=O) groups is 1. The van der Waals surface area contributed by atoms with Crippen molar-refractivity contribution in [2.45, 2.75) is 46.9 Å². The molecular formula is C16H24BrN5O2. The van der Waals surface area contributed by atoms with E-state index in [2.05, 4.69) is 31.4 Å². The first-order valence-corrected chi connectivity index (χ1v) is 8.80. The summed E-state index contributed by atoms with van der Waals surface area (Å²) in [4.78, 5) is 12.1. The SMILES string of the molecule is Cc1nn(Cn2ccc(C(=O)NCCCOC(C)C)n2)c(C)c1Br. The summed E-state index contributed by atoms with van der Waals surface area (Å²) in [5.41, 5.74) is 2.36. The molecule has 0 atom stereocenters. The van der Waals surface area contributed by atoms with Crippen LogP contribution in [0.1, 0.15) is 42.1 Å². The lowest BCUT2D eigenvalue weighted by Crippen LogP contribution is -2.26. The molecule has 0 bridgehead atoms. The highest BCUT2D eigenvalue weighted by Crippen LogP contribution is 2.19. The third-order valence-electron chi connectivity index (χ3n) is 3.50. The number of carbonyl (C=O) groups excluding carboxylic acids is 1. The lowest BCUT2D eigenvalue weighted by Gasteiger charge is -2.07. The van der Waals surface area contributed by atoms with Gasteiger partial charge in [-0.05, 0) is 56.1 Å². The second kappa shape index (κ2) is 8.43. The minimum Gasteiger partial charge on any atom is -0.379 e. The van der Waals surface area contributed by atoms with E-state index >= 15 is 0 Å². The van der Waals surface area contributed by atoms with Crippen LogP contribution in [-0.2, 0) is 11.4 Å². The molecule has 2 heterocycles. The van der Waals surface area contributed by atoms with Crippen LogP contribution in [0.4, 0.5) is 0 Å². The zero-order valence-electron chi connectivity index (χ0n) is 14.5. The molecular weight excluding hydrogens is 374 g/mol. The Kier molecular flexibility index (Phi) is 6.56. The van der Waals surface area contributed by atoms with Crippen molar-refractivity contribution < 1.29 is 9.53 Å². The number of halogens is 1. The molecule has 1 N–H and O–H groups in total. The first-order valence-electron chi connectivity index (χ1n) is 8.01. The van der Waals surface area contributed by atoms with Crippen molar-refractivity contribution in [2.24, 2.45) is 0 Å². The molecule has 8 heteroatoms.